The predicted octanol–water partition coefficient (Wildman–Crippen LogP) is 3.67. The van der Waals surface area contributed by atoms with Gasteiger partial charge in [0.1, 0.15) is 5.75 Å². The van der Waals surface area contributed by atoms with Gasteiger partial charge in [0.25, 0.3) is 0 Å². The number of methoxy groups -OCH3 is 1. The number of likely N-dealkylation sites (tertiary alicyclic amines) is 1. The Hall–Kier alpha value is -2.79. The van der Waals surface area contributed by atoms with Crippen molar-refractivity contribution in [2.24, 2.45) is 0 Å². The second kappa shape index (κ2) is 8.48. The summed E-state index contributed by atoms with van der Waals surface area (Å²) in [6.45, 7) is 2.70. The first-order chi connectivity index (χ1) is 13.8. The Morgan fingerprint density at radius 3 is 2.71 bits per heavy atom. The lowest BCUT2D eigenvalue weighted by atomic mass is 10.0. The van der Waals surface area contributed by atoms with Crippen LogP contribution in [0.15, 0.2) is 54.7 Å². The smallest absolute Gasteiger partial charge is 0.224 e. The number of hydrogen-bond acceptors (Lipinski definition) is 3. The molecule has 1 aromatic heterocycles. The van der Waals surface area contributed by atoms with Gasteiger partial charge in [-0.25, -0.2) is 0 Å². The van der Waals surface area contributed by atoms with Gasteiger partial charge in [-0.2, -0.15) is 0 Å². The van der Waals surface area contributed by atoms with Crippen LogP contribution in [0.3, 0.4) is 0 Å². The fourth-order valence-electron chi connectivity index (χ4n) is 4.15. The van der Waals surface area contributed by atoms with Crippen LogP contribution in [0.1, 0.15) is 30.0 Å². The van der Waals surface area contributed by atoms with Gasteiger partial charge >= 0.3 is 0 Å². The van der Waals surface area contributed by atoms with E-state index in [4.69, 9.17) is 4.74 Å². The molecule has 146 valence electrons. The van der Waals surface area contributed by atoms with Gasteiger partial charge < -0.3 is 15.0 Å². The molecule has 1 aliphatic heterocycles. The Kier molecular flexibility index (Phi) is 5.63. The average molecular weight is 377 g/mol. The van der Waals surface area contributed by atoms with E-state index in [9.17, 15) is 4.79 Å². The molecule has 0 aliphatic carbocycles. The highest BCUT2D eigenvalue weighted by atomic mass is 16.5. The molecule has 5 nitrogen and oxygen atoms in total. The topological polar surface area (TPSA) is 57.4 Å². The lowest BCUT2D eigenvalue weighted by Crippen LogP contribution is -2.37. The van der Waals surface area contributed by atoms with Gasteiger partial charge in [-0.3, -0.25) is 9.69 Å². The maximum Gasteiger partial charge on any atom is 0.224 e. The molecule has 0 spiro atoms. The number of carbonyl (C=O) groups is 1. The minimum absolute atomic E-state index is 0.0452. The summed E-state index contributed by atoms with van der Waals surface area (Å²) in [5.41, 5.74) is 3.23. The van der Waals surface area contributed by atoms with Gasteiger partial charge in [0.05, 0.1) is 19.6 Å². The molecular formula is C23H27N3O2. The van der Waals surface area contributed by atoms with Crippen molar-refractivity contribution in [1.29, 1.82) is 0 Å². The molecular weight excluding hydrogens is 350 g/mol. The van der Waals surface area contributed by atoms with E-state index in [0.29, 0.717) is 13.0 Å². The monoisotopic (exact) mass is 377 g/mol. The van der Waals surface area contributed by atoms with E-state index in [1.807, 2.05) is 42.6 Å². The number of para-hydroxylation sites is 2. The number of benzene rings is 2. The first-order valence-corrected chi connectivity index (χ1v) is 9.95. The predicted molar refractivity (Wildman–Crippen MR) is 112 cm³/mol. The lowest BCUT2D eigenvalue weighted by molar-refractivity contribution is -0.120. The quantitative estimate of drug-likeness (QED) is 0.660. The molecule has 2 aromatic carbocycles. The van der Waals surface area contributed by atoms with Crippen LogP contribution in [0.4, 0.5) is 0 Å². The minimum Gasteiger partial charge on any atom is -0.496 e. The SMILES string of the molecule is COc1ccccc1C(CNC(=O)Cc1c[nH]c2ccccc12)N1CCCC1. The number of rotatable bonds is 7. The number of nitrogens with one attached hydrogen (secondary N) is 2. The van der Waals surface area contributed by atoms with Crippen LogP contribution in [-0.4, -0.2) is 42.5 Å². The number of hydrogen-bond donors (Lipinski definition) is 2. The third-order valence-electron chi connectivity index (χ3n) is 5.60. The molecule has 2 N–H and O–H groups in total. The van der Waals surface area contributed by atoms with E-state index in [0.717, 1.165) is 40.9 Å². The first kappa shape index (κ1) is 18.6. The lowest BCUT2D eigenvalue weighted by Gasteiger charge is -2.29. The summed E-state index contributed by atoms with van der Waals surface area (Å²) < 4.78 is 5.58. The van der Waals surface area contributed by atoms with Crippen molar-refractivity contribution < 1.29 is 9.53 Å². The Morgan fingerprint density at radius 1 is 1.14 bits per heavy atom. The Balaban J connectivity index is 1.47. The standard InChI is InChI=1S/C23H27N3O2/c1-28-22-11-5-3-9-19(22)21(26-12-6-7-13-26)16-25-23(27)14-17-15-24-20-10-4-2-8-18(17)20/h2-5,8-11,15,21,24H,6-7,12-14,16H2,1H3,(H,25,27). The van der Waals surface area contributed by atoms with E-state index in [-0.39, 0.29) is 11.9 Å². The Labute approximate surface area is 165 Å². The highest BCUT2D eigenvalue weighted by Crippen LogP contribution is 2.31. The highest BCUT2D eigenvalue weighted by Gasteiger charge is 2.26. The number of fused-ring (bicyclic) bond motifs is 1. The van der Waals surface area contributed by atoms with E-state index >= 15 is 0 Å². The summed E-state index contributed by atoms with van der Waals surface area (Å²) in [4.78, 5) is 18.4. The Morgan fingerprint density at radius 2 is 1.89 bits per heavy atom. The zero-order chi connectivity index (χ0) is 19.3. The van der Waals surface area contributed by atoms with Gasteiger partial charge in [0.15, 0.2) is 0 Å². The summed E-state index contributed by atoms with van der Waals surface area (Å²) in [6.07, 6.45) is 4.72. The molecule has 1 saturated heterocycles. The third-order valence-corrected chi connectivity index (χ3v) is 5.60. The summed E-state index contributed by atoms with van der Waals surface area (Å²) in [5.74, 6) is 0.925. The number of ether oxygens (including phenoxy) is 1. The van der Waals surface area contributed by atoms with Gasteiger partial charge in [0.2, 0.25) is 5.91 Å². The molecule has 0 saturated carbocycles. The fourth-order valence-corrected chi connectivity index (χ4v) is 4.15. The van der Waals surface area contributed by atoms with Crippen LogP contribution in [-0.2, 0) is 11.2 Å². The van der Waals surface area contributed by atoms with Crippen molar-refractivity contribution in [3.63, 3.8) is 0 Å². The van der Waals surface area contributed by atoms with Crippen molar-refractivity contribution >= 4 is 16.8 Å². The number of aromatic nitrogens is 1. The maximum atomic E-state index is 12.7. The normalized spacial score (nSPS) is 15.6. The summed E-state index contributed by atoms with van der Waals surface area (Å²) in [7, 11) is 1.70. The fraction of sp³-hybridized carbons (Fsp3) is 0.348. The summed E-state index contributed by atoms with van der Waals surface area (Å²) >= 11 is 0. The second-order valence-electron chi connectivity index (χ2n) is 7.34. The zero-order valence-electron chi connectivity index (χ0n) is 16.3. The molecule has 3 aromatic rings. The largest absolute Gasteiger partial charge is 0.496 e. The van der Waals surface area contributed by atoms with Crippen LogP contribution in [0, 0.1) is 0 Å². The molecule has 1 aliphatic rings. The van der Waals surface area contributed by atoms with Crippen LogP contribution in [0.25, 0.3) is 10.9 Å². The molecule has 28 heavy (non-hydrogen) atoms. The molecule has 0 radical (unpaired) electrons. The maximum absolute atomic E-state index is 12.7. The van der Waals surface area contributed by atoms with Crippen LogP contribution >= 0.6 is 0 Å². The molecule has 1 unspecified atom stereocenters. The molecule has 2 heterocycles. The van der Waals surface area contributed by atoms with E-state index in [2.05, 4.69) is 27.3 Å². The van der Waals surface area contributed by atoms with Crippen molar-refractivity contribution in [2.45, 2.75) is 25.3 Å². The molecule has 1 amide bonds. The number of H-pyrrole nitrogens is 1. The van der Waals surface area contributed by atoms with E-state index in [1.54, 1.807) is 7.11 Å². The minimum atomic E-state index is 0.0452. The van der Waals surface area contributed by atoms with Crippen molar-refractivity contribution in [3.05, 3.63) is 65.9 Å². The Bertz CT molecular complexity index is 944. The molecule has 1 atom stereocenters. The van der Waals surface area contributed by atoms with Gasteiger partial charge in [-0.1, -0.05) is 36.4 Å². The molecule has 5 heteroatoms. The summed E-state index contributed by atoms with van der Waals surface area (Å²) in [6, 6.07) is 16.3. The summed E-state index contributed by atoms with van der Waals surface area (Å²) in [5, 5.41) is 4.27. The van der Waals surface area contributed by atoms with Gasteiger partial charge in [-0.15, -0.1) is 0 Å². The van der Waals surface area contributed by atoms with E-state index < -0.39 is 0 Å². The molecule has 4 rings (SSSR count). The van der Waals surface area contributed by atoms with Crippen LogP contribution in [0.2, 0.25) is 0 Å². The van der Waals surface area contributed by atoms with E-state index in [1.165, 1.54) is 12.8 Å². The second-order valence-corrected chi connectivity index (χ2v) is 7.34. The zero-order valence-corrected chi connectivity index (χ0v) is 16.3. The van der Waals surface area contributed by atoms with Crippen LogP contribution in [0.5, 0.6) is 5.75 Å². The molecule has 1 fully saturated rings. The average Bonchev–Trinajstić information content (AvgIpc) is 3.39. The number of aromatic amines is 1. The van der Waals surface area contributed by atoms with Crippen molar-refractivity contribution in [3.8, 4) is 5.75 Å². The van der Waals surface area contributed by atoms with Crippen molar-refractivity contribution in [1.82, 2.24) is 15.2 Å². The van der Waals surface area contributed by atoms with Crippen molar-refractivity contribution in [2.75, 3.05) is 26.7 Å². The van der Waals surface area contributed by atoms with Gasteiger partial charge in [-0.05, 0) is 43.6 Å². The first-order valence-electron chi connectivity index (χ1n) is 9.95. The van der Waals surface area contributed by atoms with Gasteiger partial charge in [0, 0.05) is 29.2 Å². The number of amides is 1. The number of carbonyl (C=O) groups excluding carboxylic acids is 1. The van der Waals surface area contributed by atoms with Crippen LogP contribution < -0.4 is 10.1 Å². The molecule has 0 bridgehead atoms. The number of nitrogens with zero attached hydrogens (tertiary/aromatic N) is 1. The third kappa shape index (κ3) is 3.90. The highest BCUT2D eigenvalue weighted by molar-refractivity contribution is 5.88.